The molecular weight excluding hydrogens is 214 g/mol. The lowest BCUT2D eigenvalue weighted by molar-refractivity contribution is -0.717. The number of aryl methyl sites for hydroxylation is 1. The van der Waals surface area contributed by atoms with Crippen LogP contribution in [-0.2, 0) is 4.79 Å². The lowest BCUT2D eigenvalue weighted by Crippen LogP contribution is -2.46. The first-order valence-corrected chi connectivity index (χ1v) is 6.28. The molecule has 0 saturated carbocycles. The smallest absolute Gasteiger partial charge is 0.373 e. The molecule has 3 heteroatoms. The van der Waals surface area contributed by atoms with Crippen molar-refractivity contribution in [3.8, 4) is 0 Å². The third-order valence-electron chi connectivity index (χ3n) is 3.25. The van der Waals surface area contributed by atoms with Gasteiger partial charge in [0.05, 0.1) is 0 Å². The van der Waals surface area contributed by atoms with E-state index in [1.165, 1.54) is 0 Å². The molecule has 0 aliphatic carbocycles. The number of carboxylic acids is 1. The molecule has 1 atom stereocenters. The monoisotopic (exact) mass is 236 g/mol. The molecule has 0 radical (unpaired) electrons. The molecule has 1 aromatic rings. The average molecular weight is 236 g/mol. The van der Waals surface area contributed by atoms with E-state index in [0.29, 0.717) is 6.42 Å². The quantitative estimate of drug-likeness (QED) is 0.609. The second kappa shape index (κ2) is 6.38. The maximum absolute atomic E-state index is 11.3. The molecule has 0 aromatic carbocycles. The van der Waals surface area contributed by atoms with Crippen LogP contribution in [0.4, 0.5) is 0 Å². The normalized spacial score (nSPS) is 12.4. The first kappa shape index (κ1) is 13.7. The van der Waals surface area contributed by atoms with Crippen molar-refractivity contribution in [2.24, 2.45) is 0 Å². The van der Waals surface area contributed by atoms with Gasteiger partial charge < -0.3 is 5.11 Å². The number of hydrogen-bond donors (Lipinski definition) is 1. The fraction of sp³-hybridized carbons (Fsp3) is 0.571. The van der Waals surface area contributed by atoms with Crippen LogP contribution < -0.4 is 4.57 Å². The first-order chi connectivity index (χ1) is 8.07. The molecule has 0 spiro atoms. The van der Waals surface area contributed by atoms with E-state index in [0.717, 1.165) is 30.5 Å². The lowest BCUT2D eigenvalue weighted by atomic mass is 10.1. The fourth-order valence-electron chi connectivity index (χ4n) is 2.02. The molecule has 1 heterocycles. The van der Waals surface area contributed by atoms with E-state index in [1.807, 2.05) is 36.7 Å². The van der Waals surface area contributed by atoms with Crippen molar-refractivity contribution in [3.63, 3.8) is 0 Å². The van der Waals surface area contributed by atoms with E-state index >= 15 is 0 Å². The number of carbonyl (C=O) groups is 1. The second-order valence-electron chi connectivity index (χ2n) is 4.53. The molecule has 0 fully saturated rings. The lowest BCUT2D eigenvalue weighted by Gasteiger charge is -2.10. The minimum absolute atomic E-state index is 0.429. The van der Waals surface area contributed by atoms with Gasteiger partial charge in [-0.3, -0.25) is 0 Å². The van der Waals surface area contributed by atoms with E-state index in [-0.39, 0.29) is 0 Å². The maximum Gasteiger partial charge on any atom is 0.373 e. The Balaban J connectivity index is 2.90. The highest BCUT2D eigenvalue weighted by molar-refractivity contribution is 5.69. The SMILES string of the molecule is CCCCCC(C(=O)O)[n+]1cccc(C)c1C. The molecule has 0 aliphatic heterocycles. The van der Waals surface area contributed by atoms with Gasteiger partial charge in [-0.05, 0) is 19.4 Å². The minimum atomic E-state index is -0.736. The Hall–Kier alpha value is -1.38. The maximum atomic E-state index is 11.3. The van der Waals surface area contributed by atoms with Gasteiger partial charge in [0.2, 0.25) is 0 Å². The van der Waals surface area contributed by atoms with Gasteiger partial charge in [-0.1, -0.05) is 19.8 Å². The van der Waals surface area contributed by atoms with Crippen LogP contribution in [0.3, 0.4) is 0 Å². The van der Waals surface area contributed by atoms with Gasteiger partial charge >= 0.3 is 5.97 Å². The van der Waals surface area contributed by atoms with E-state index in [9.17, 15) is 9.90 Å². The summed E-state index contributed by atoms with van der Waals surface area (Å²) >= 11 is 0. The predicted octanol–water partition coefficient (Wildman–Crippen LogP) is 2.80. The van der Waals surface area contributed by atoms with Gasteiger partial charge in [0.25, 0.3) is 6.04 Å². The number of aromatic nitrogens is 1. The largest absolute Gasteiger partial charge is 0.476 e. The van der Waals surface area contributed by atoms with Crippen LogP contribution in [0.25, 0.3) is 0 Å². The van der Waals surface area contributed by atoms with Crippen LogP contribution in [-0.4, -0.2) is 11.1 Å². The van der Waals surface area contributed by atoms with Crippen LogP contribution in [0.5, 0.6) is 0 Å². The molecule has 1 rings (SSSR count). The van der Waals surface area contributed by atoms with Gasteiger partial charge in [-0.2, -0.15) is 4.57 Å². The zero-order chi connectivity index (χ0) is 12.8. The van der Waals surface area contributed by atoms with E-state index in [4.69, 9.17) is 0 Å². The highest BCUT2D eigenvalue weighted by Crippen LogP contribution is 2.12. The van der Waals surface area contributed by atoms with Crippen molar-refractivity contribution < 1.29 is 14.5 Å². The van der Waals surface area contributed by atoms with Crippen molar-refractivity contribution in [2.45, 2.75) is 52.5 Å². The van der Waals surface area contributed by atoms with Gasteiger partial charge in [0.1, 0.15) is 0 Å². The number of rotatable bonds is 6. The molecule has 0 bridgehead atoms. The number of pyridine rings is 1. The second-order valence-corrected chi connectivity index (χ2v) is 4.53. The van der Waals surface area contributed by atoms with Crippen molar-refractivity contribution in [1.29, 1.82) is 0 Å². The predicted molar refractivity (Wildman–Crippen MR) is 66.9 cm³/mol. The summed E-state index contributed by atoms with van der Waals surface area (Å²) < 4.78 is 1.88. The third-order valence-corrected chi connectivity index (χ3v) is 3.25. The van der Waals surface area contributed by atoms with E-state index < -0.39 is 12.0 Å². The summed E-state index contributed by atoms with van der Waals surface area (Å²) in [5.74, 6) is -0.736. The van der Waals surface area contributed by atoms with Gasteiger partial charge in [-0.15, -0.1) is 0 Å². The summed E-state index contributed by atoms with van der Waals surface area (Å²) in [5.41, 5.74) is 2.17. The van der Waals surface area contributed by atoms with E-state index in [1.54, 1.807) is 0 Å². The first-order valence-electron chi connectivity index (χ1n) is 6.28. The van der Waals surface area contributed by atoms with Gasteiger partial charge in [0.15, 0.2) is 11.9 Å². The number of unbranched alkanes of at least 4 members (excludes halogenated alkanes) is 2. The average Bonchev–Trinajstić information content (AvgIpc) is 2.29. The van der Waals surface area contributed by atoms with Crippen LogP contribution >= 0.6 is 0 Å². The highest BCUT2D eigenvalue weighted by Gasteiger charge is 2.28. The number of aliphatic carboxylic acids is 1. The summed E-state index contributed by atoms with van der Waals surface area (Å²) in [7, 11) is 0. The molecular formula is C14H22NO2+. The number of hydrogen-bond acceptors (Lipinski definition) is 1. The number of carboxylic acid groups (broad SMARTS) is 1. The van der Waals surface area contributed by atoms with Crippen molar-refractivity contribution >= 4 is 5.97 Å². The standard InChI is InChI=1S/C14H21NO2/c1-4-5-6-9-13(14(16)17)15-10-7-8-11(2)12(15)3/h7-8,10,13H,4-6,9H2,1-3H3/p+1. The molecule has 3 nitrogen and oxygen atoms in total. The van der Waals surface area contributed by atoms with Crippen molar-refractivity contribution in [3.05, 3.63) is 29.6 Å². The van der Waals surface area contributed by atoms with Crippen LogP contribution in [0.2, 0.25) is 0 Å². The Morgan fingerprint density at radius 1 is 1.41 bits per heavy atom. The fourth-order valence-corrected chi connectivity index (χ4v) is 2.02. The molecule has 0 aliphatic rings. The highest BCUT2D eigenvalue weighted by atomic mass is 16.4. The molecule has 1 N–H and O–H groups in total. The summed E-state index contributed by atoms with van der Waals surface area (Å²) in [6, 6.07) is 3.50. The molecule has 17 heavy (non-hydrogen) atoms. The summed E-state index contributed by atoms with van der Waals surface area (Å²) in [4.78, 5) is 11.3. The molecule has 1 unspecified atom stereocenters. The molecule has 0 amide bonds. The minimum Gasteiger partial charge on any atom is -0.476 e. The van der Waals surface area contributed by atoms with Gasteiger partial charge in [0, 0.05) is 25.0 Å². The Bertz CT molecular complexity index is 388. The van der Waals surface area contributed by atoms with Crippen molar-refractivity contribution in [2.75, 3.05) is 0 Å². The molecule has 0 saturated heterocycles. The van der Waals surface area contributed by atoms with Crippen molar-refractivity contribution in [1.82, 2.24) is 0 Å². The molecule has 1 aromatic heterocycles. The Morgan fingerprint density at radius 3 is 2.71 bits per heavy atom. The third kappa shape index (κ3) is 3.55. The Kier molecular flexibility index (Phi) is 5.13. The van der Waals surface area contributed by atoms with Crippen LogP contribution in [0, 0.1) is 13.8 Å². The zero-order valence-corrected chi connectivity index (χ0v) is 10.9. The Morgan fingerprint density at radius 2 is 2.12 bits per heavy atom. The Labute approximate surface area is 103 Å². The summed E-state index contributed by atoms with van der Waals surface area (Å²) in [6.45, 7) is 6.11. The van der Waals surface area contributed by atoms with Crippen LogP contribution in [0.1, 0.15) is 49.9 Å². The summed E-state index contributed by atoms with van der Waals surface area (Å²) in [6.07, 6.45) is 5.75. The zero-order valence-electron chi connectivity index (χ0n) is 10.9. The molecule has 94 valence electrons. The van der Waals surface area contributed by atoms with Gasteiger partial charge in [-0.25, -0.2) is 4.79 Å². The summed E-state index contributed by atoms with van der Waals surface area (Å²) in [5, 5.41) is 9.32. The van der Waals surface area contributed by atoms with Crippen LogP contribution in [0.15, 0.2) is 18.3 Å². The topological polar surface area (TPSA) is 41.2 Å². The van der Waals surface area contributed by atoms with E-state index in [2.05, 4.69) is 6.92 Å². The number of nitrogens with zero attached hydrogens (tertiary/aromatic N) is 1.